The normalized spacial score (nSPS) is 19.2. The largest absolute Gasteiger partial charge is 0.497 e. The number of benzene rings is 2. The molecule has 1 aliphatic carbocycles. The van der Waals surface area contributed by atoms with E-state index in [0.29, 0.717) is 34.4 Å². The van der Waals surface area contributed by atoms with Crippen LogP contribution in [0.3, 0.4) is 0 Å². The van der Waals surface area contributed by atoms with Gasteiger partial charge in [0.05, 0.1) is 7.11 Å². The number of nitrogens with zero attached hydrogens (tertiary/aromatic N) is 2. The van der Waals surface area contributed by atoms with E-state index in [1.165, 1.54) is 18.1 Å². The smallest absolute Gasteiger partial charge is 0.274 e. The number of rotatable bonds is 7. The van der Waals surface area contributed by atoms with E-state index < -0.39 is 29.6 Å². The van der Waals surface area contributed by atoms with Crippen LogP contribution in [0.2, 0.25) is 5.02 Å². The van der Waals surface area contributed by atoms with Gasteiger partial charge in [0.1, 0.15) is 23.3 Å². The third kappa shape index (κ3) is 4.98. The second-order valence-corrected chi connectivity index (χ2v) is 10.1. The van der Waals surface area contributed by atoms with Crippen molar-refractivity contribution in [3.8, 4) is 5.75 Å². The van der Waals surface area contributed by atoms with Gasteiger partial charge in [0.25, 0.3) is 11.5 Å². The van der Waals surface area contributed by atoms with Gasteiger partial charge < -0.3 is 19.5 Å². The number of carbonyl (C=O) groups excluding carboxylic acids is 2. The standard InChI is InChI=1S/C28H27ClFN3O4/c1-16-11-12-32(14-17-3-4-17)28(36)25(16)33-15-22(21-10-9-20(37-2)13-23(21)30)24(27(33)35)31-26(34)18-5-7-19(29)8-6-18/h5-13,17,22,24H,3-4,14-15H2,1-2H3,(H,31,34)/t22-,24?/m0/s1. The summed E-state index contributed by atoms with van der Waals surface area (Å²) in [7, 11) is 1.44. The lowest BCUT2D eigenvalue weighted by atomic mass is 9.93. The van der Waals surface area contributed by atoms with E-state index in [1.807, 2.05) is 6.07 Å². The van der Waals surface area contributed by atoms with Gasteiger partial charge in [-0.05, 0) is 73.2 Å². The van der Waals surface area contributed by atoms with E-state index in [2.05, 4.69) is 5.32 Å². The highest BCUT2D eigenvalue weighted by atomic mass is 35.5. The molecular formula is C28H27ClFN3O4. The van der Waals surface area contributed by atoms with Crippen LogP contribution in [-0.4, -0.2) is 36.1 Å². The molecule has 2 amide bonds. The lowest BCUT2D eigenvalue weighted by molar-refractivity contribution is -0.118. The Labute approximate surface area is 218 Å². The van der Waals surface area contributed by atoms with Gasteiger partial charge in [0.15, 0.2) is 0 Å². The van der Waals surface area contributed by atoms with Gasteiger partial charge >= 0.3 is 0 Å². The van der Waals surface area contributed by atoms with Crippen molar-refractivity contribution < 1.29 is 18.7 Å². The Morgan fingerprint density at radius 1 is 1.14 bits per heavy atom. The first-order valence-electron chi connectivity index (χ1n) is 12.2. The quantitative estimate of drug-likeness (QED) is 0.501. The van der Waals surface area contributed by atoms with Crippen LogP contribution in [0, 0.1) is 18.7 Å². The average Bonchev–Trinajstić information content (AvgIpc) is 3.65. The number of halogens is 2. The lowest BCUT2D eigenvalue weighted by Gasteiger charge is -2.20. The monoisotopic (exact) mass is 523 g/mol. The van der Waals surface area contributed by atoms with Crippen molar-refractivity contribution in [3.63, 3.8) is 0 Å². The molecule has 37 heavy (non-hydrogen) atoms. The van der Waals surface area contributed by atoms with Crippen LogP contribution >= 0.6 is 11.6 Å². The van der Waals surface area contributed by atoms with Gasteiger partial charge in [-0.3, -0.25) is 14.4 Å². The van der Waals surface area contributed by atoms with Crippen LogP contribution in [0.25, 0.3) is 0 Å². The highest BCUT2D eigenvalue weighted by molar-refractivity contribution is 6.30. The van der Waals surface area contributed by atoms with Gasteiger partial charge in [0.2, 0.25) is 5.91 Å². The van der Waals surface area contributed by atoms with E-state index in [4.69, 9.17) is 16.3 Å². The Morgan fingerprint density at radius 2 is 1.86 bits per heavy atom. The van der Waals surface area contributed by atoms with Gasteiger partial charge in [-0.2, -0.15) is 0 Å². The fourth-order valence-electron chi connectivity index (χ4n) is 4.84. The van der Waals surface area contributed by atoms with Crippen molar-refractivity contribution >= 4 is 29.1 Å². The first-order valence-corrected chi connectivity index (χ1v) is 12.6. The molecule has 2 heterocycles. The number of amides is 2. The molecular weight excluding hydrogens is 497 g/mol. The molecule has 0 radical (unpaired) electrons. The Bertz CT molecular complexity index is 1420. The SMILES string of the molecule is COc1ccc([C@@H]2CN(c3c(C)ccn(CC4CC4)c3=O)C(=O)C2NC(=O)c2ccc(Cl)cc2)c(F)c1. The average molecular weight is 524 g/mol. The molecule has 1 aromatic heterocycles. The number of hydrogen-bond acceptors (Lipinski definition) is 4. The highest BCUT2D eigenvalue weighted by Gasteiger charge is 2.45. The number of pyridine rings is 1. The molecule has 1 N–H and O–H groups in total. The van der Waals surface area contributed by atoms with Crippen molar-refractivity contribution in [2.24, 2.45) is 5.92 Å². The molecule has 1 saturated heterocycles. The Morgan fingerprint density at radius 3 is 2.51 bits per heavy atom. The number of hydrogen-bond donors (Lipinski definition) is 1. The summed E-state index contributed by atoms with van der Waals surface area (Å²) in [6.45, 7) is 2.41. The van der Waals surface area contributed by atoms with Crippen LogP contribution < -0.4 is 20.5 Å². The minimum atomic E-state index is -1.08. The zero-order valence-electron chi connectivity index (χ0n) is 20.5. The summed E-state index contributed by atoms with van der Waals surface area (Å²) in [5.74, 6) is -1.44. The van der Waals surface area contributed by atoms with Gasteiger partial charge in [-0.25, -0.2) is 4.39 Å². The number of aromatic nitrogens is 1. The first kappa shape index (κ1) is 25.0. The molecule has 2 fully saturated rings. The summed E-state index contributed by atoms with van der Waals surface area (Å²) in [6.07, 6.45) is 3.91. The van der Waals surface area contributed by atoms with Gasteiger partial charge in [-0.1, -0.05) is 17.7 Å². The van der Waals surface area contributed by atoms with Gasteiger partial charge in [-0.15, -0.1) is 0 Å². The van der Waals surface area contributed by atoms with Crippen LogP contribution in [0.1, 0.15) is 40.2 Å². The number of ether oxygens (including phenoxy) is 1. The molecule has 192 valence electrons. The van der Waals surface area contributed by atoms with Crippen molar-refractivity contribution in [1.29, 1.82) is 0 Å². The number of nitrogens with one attached hydrogen (secondary N) is 1. The lowest BCUT2D eigenvalue weighted by Crippen LogP contribution is -2.44. The summed E-state index contributed by atoms with van der Waals surface area (Å²) in [6, 6.07) is 11.4. The van der Waals surface area contributed by atoms with E-state index in [-0.39, 0.29) is 23.4 Å². The fourth-order valence-corrected chi connectivity index (χ4v) is 4.96. The maximum atomic E-state index is 15.2. The van der Waals surface area contributed by atoms with Gasteiger partial charge in [0, 0.05) is 41.9 Å². The Balaban J connectivity index is 1.53. The molecule has 0 spiro atoms. The van der Waals surface area contributed by atoms with E-state index in [0.717, 1.165) is 12.8 Å². The Kier molecular flexibility index (Phi) is 6.77. The predicted octanol–water partition coefficient (Wildman–Crippen LogP) is 4.30. The third-order valence-electron chi connectivity index (χ3n) is 7.08. The molecule has 2 atom stereocenters. The van der Waals surface area contributed by atoms with Crippen LogP contribution in [0.4, 0.5) is 10.1 Å². The van der Waals surface area contributed by atoms with Crippen LogP contribution in [0.15, 0.2) is 59.5 Å². The molecule has 5 rings (SSSR count). The topological polar surface area (TPSA) is 80.6 Å². The summed E-state index contributed by atoms with van der Waals surface area (Å²) < 4.78 is 22.0. The maximum Gasteiger partial charge on any atom is 0.274 e. The second kappa shape index (κ2) is 10.0. The third-order valence-corrected chi connectivity index (χ3v) is 7.33. The summed E-state index contributed by atoms with van der Waals surface area (Å²) >= 11 is 5.94. The zero-order valence-corrected chi connectivity index (χ0v) is 21.3. The zero-order chi connectivity index (χ0) is 26.3. The molecule has 2 aromatic carbocycles. The van der Waals surface area contributed by atoms with Crippen LogP contribution in [-0.2, 0) is 11.3 Å². The number of methoxy groups -OCH3 is 1. The van der Waals surface area contributed by atoms with Crippen LogP contribution in [0.5, 0.6) is 5.75 Å². The molecule has 1 unspecified atom stereocenters. The molecule has 9 heteroatoms. The number of aryl methyl sites for hydroxylation is 1. The maximum absolute atomic E-state index is 15.2. The van der Waals surface area contributed by atoms with Crippen molar-refractivity contribution in [3.05, 3.63) is 92.6 Å². The van der Waals surface area contributed by atoms with E-state index in [9.17, 15) is 14.4 Å². The molecule has 0 bridgehead atoms. The molecule has 1 aliphatic heterocycles. The summed E-state index contributed by atoms with van der Waals surface area (Å²) in [4.78, 5) is 41.7. The second-order valence-electron chi connectivity index (χ2n) is 9.65. The van der Waals surface area contributed by atoms with Crippen molar-refractivity contribution in [2.75, 3.05) is 18.6 Å². The van der Waals surface area contributed by atoms with E-state index >= 15 is 4.39 Å². The molecule has 3 aromatic rings. The minimum absolute atomic E-state index is 0.0389. The first-order chi connectivity index (χ1) is 17.8. The molecule has 1 saturated carbocycles. The Hall–Kier alpha value is -3.65. The highest BCUT2D eigenvalue weighted by Crippen LogP contribution is 2.35. The fraction of sp³-hybridized carbons (Fsp3) is 0.321. The summed E-state index contributed by atoms with van der Waals surface area (Å²) in [5, 5.41) is 3.26. The predicted molar refractivity (Wildman–Crippen MR) is 139 cm³/mol. The summed E-state index contributed by atoms with van der Waals surface area (Å²) in [5.41, 5.74) is 1.20. The number of anilines is 1. The van der Waals surface area contributed by atoms with Crippen molar-refractivity contribution in [2.45, 2.75) is 38.3 Å². The van der Waals surface area contributed by atoms with Crippen molar-refractivity contribution in [1.82, 2.24) is 9.88 Å². The van der Waals surface area contributed by atoms with E-state index in [1.54, 1.807) is 54.1 Å². The molecule has 2 aliphatic rings. The number of carbonyl (C=O) groups is 2. The minimum Gasteiger partial charge on any atom is -0.497 e. The molecule has 7 nitrogen and oxygen atoms in total.